The molecule has 6 heteroatoms. The zero-order valence-electron chi connectivity index (χ0n) is 15.5. The van der Waals surface area contributed by atoms with E-state index in [2.05, 4.69) is 0 Å². The first-order valence-corrected chi connectivity index (χ1v) is 10.3. The number of carbonyl (C=O) groups is 1. The van der Waals surface area contributed by atoms with Crippen LogP contribution >= 0.6 is 11.3 Å². The molecule has 1 aromatic heterocycles. The number of para-hydroxylation sites is 1. The van der Waals surface area contributed by atoms with E-state index in [1.165, 1.54) is 0 Å². The number of ether oxygens (including phenoxy) is 1. The minimum Gasteiger partial charge on any atom is -0.508 e. The Morgan fingerprint density at radius 1 is 1.14 bits per heavy atom. The monoisotopic (exact) mass is 394 g/mol. The predicted octanol–water partition coefficient (Wildman–Crippen LogP) is 4.65. The number of benzene rings is 2. The first-order chi connectivity index (χ1) is 13.7. The quantitative estimate of drug-likeness (QED) is 0.684. The van der Waals surface area contributed by atoms with Crippen LogP contribution in [-0.2, 0) is 4.79 Å². The van der Waals surface area contributed by atoms with Gasteiger partial charge in [0.25, 0.3) is 5.91 Å². The summed E-state index contributed by atoms with van der Waals surface area (Å²) in [5, 5.41) is 12.4. The molecule has 144 valence electrons. The molecule has 3 aromatic rings. The molecule has 0 spiro atoms. The van der Waals surface area contributed by atoms with Gasteiger partial charge in [-0.25, -0.2) is 4.98 Å². The highest BCUT2D eigenvalue weighted by Gasteiger charge is 2.30. The van der Waals surface area contributed by atoms with Crippen LogP contribution < -0.4 is 4.74 Å². The van der Waals surface area contributed by atoms with Gasteiger partial charge in [-0.05, 0) is 55.7 Å². The fourth-order valence-corrected chi connectivity index (χ4v) is 4.41. The van der Waals surface area contributed by atoms with E-state index in [1.807, 2.05) is 52.7 Å². The molecule has 1 aliphatic heterocycles. The maximum absolute atomic E-state index is 12.8. The first-order valence-electron chi connectivity index (χ1n) is 9.43. The van der Waals surface area contributed by atoms with Crippen molar-refractivity contribution in [1.29, 1.82) is 0 Å². The maximum atomic E-state index is 12.8. The molecule has 1 fully saturated rings. The lowest BCUT2D eigenvalue weighted by Crippen LogP contribution is -2.41. The number of likely N-dealkylation sites (tertiary alicyclic amines) is 1. The van der Waals surface area contributed by atoms with E-state index in [0.717, 1.165) is 42.1 Å². The van der Waals surface area contributed by atoms with Crippen LogP contribution in [0.15, 0.2) is 60.0 Å². The van der Waals surface area contributed by atoms with Gasteiger partial charge in [0.15, 0.2) is 6.61 Å². The van der Waals surface area contributed by atoms with Gasteiger partial charge in [-0.2, -0.15) is 0 Å². The second-order valence-corrected chi connectivity index (χ2v) is 7.71. The van der Waals surface area contributed by atoms with E-state index in [4.69, 9.17) is 9.72 Å². The van der Waals surface area contributed by atoms with Crippen molar-refractivity contribution >= 4 is 17.2 Å². The number of carbonyl (C=O) groups excluding carboxylic acids is 1. The minimum absolute atomic E-state index is 0.00325. The number of amides is 1. The summed E-state index contributed by atoms with van der Waals surface area (Å²) in [4.78, 5) is 19.5. The summed E-state index contributed by atoms with van der Waals surface area (Å²) >= 11 is 1.58. The Morgan fingerprint density at radius 2 is 1.93 bits per heavy atom. The summed E-state index contributed by atoms with van der Waals surface area (Å²) in [6, 6.07) is 16.4. The Morgan fingerprint density at radius 3 is 2.71 bits per heavy atom. The Balaban J connectivity index is 1.47. The van der Waals surface area contributed by atoms with Crippen molar-refractivity contribution in [3.05, 3.63) is 65.0 Å². The van der Waals surface area contributed by atoms with Crippen molar-refractivity contribution in [3.8, 4) is 22.8 Å². The number of rotatable bonds is 5. The molecule has 2 aromatic carbocycles. The van der Waals surface area contributed by atoms with Gasteiger partial charge in [0.2, 0.25) is 0 Å². The molecular weight excluding hydrogens is 372 g/mol. The van der Waals surface area contributed by atoms with Crippen molar-refractivity contribution < 1.29 is 14.6 Å². The number of hydrogen-bond acceptors (Lipinski definition) is 5. The van der Waals surface area contributed by atoms with Gasteiger partial charge in [0.05, 0.1) is 11.7 Å². The van der Waals surface area contributed by atoms with Crippen LogP contribution in [0.4, 0.5) is 0 Å². The van der Waals surface area contributed by atoms with Gasteiger partial charge in [-0.15, -0.1) is 11.3 Å². The Kier molecular flexibility index (Phi) is 5.58. The average molecular weight is 394 g/mol. The lowest BCUT2D eigenvalue weighted by Gasteiger charge is -2.34. The number of nitrogens with zero attached hydrogens (tertiary/aromatic N) is 2. The van der Waals surface area contributed by atoms with Gasteiger partial charge in [-0.3, -0.25) is 4.79 Å². The summed E-state index contributed by atoms with van der Waals surface area (Å²) in [6.45, 7) is 0.770. The Bertz CT molecular complexity index is 924. The van der Waals surface area contributed by atoms with Gasteiger partial charge in [-0.1, -0.05) is 18.2 Å². The maximum Gasteiger partial charge on any atom is 0.261 e. The molecule has 1 N–H and O–H groups in total. The summed E-state index contributed by atoms with van der Waals surface area (Å²) in [6.07, 6.45) is 3.01. The number of phenols is 1. The van der Waals surface area contributed by atoms with Crippen LogP contribution in [0.2, 0.25) is 0 Å². The number of thiazole rings is 1. The fraction of sp³-hybridized carbons (Fsp3) is 0.273. The zero-order chi connectivity index (χ0) is 19.3. The van der Waals surface area contributed by atoms with E-state index in [0.29, 0.717) is 5.75 Å². The molecule has 0 aliphatic carbocycles. The molecule has 1 aliphatic rings. The predicted molar refractivity (Wildman–Crippen MR) is 109 cm³/mol. The topological polar surface area (TPSA) is 62.7 Å². The van der Waals surface area contributed by atoms with E-state index in [9.17, 15) is 9.90 Å². The van der Waals surface area contributed by atoms with Crippen LogP contribution in [0.1, 0.15) is 30.3 Å². The first kappa shape index (κ1) is 18.5. The van der Waals surface area contributed by atoms with Crippen molar-refractivity contribution in [2.24, 2.45) is 0 Å². The lowest BCUT2D eigenvalue weighted by molar-refractivity contribution is -0.137. The zero-order valence-corrected chi connectivity index (χ0v) is 16.3. The molecule has 4 rings (SSSR count). The van der Waals surface area contributed by atoms with E-state index >= 15 is 0 Å². The highest BCUT2D eigenvalue weighted by Crippen LogP contribution is 2.35. The molecule has 5 nitrogen and oxygen atoms in total. The largest absolute Gasteiger partial charge is 0.508 e. The van der Waals surface area contributed by atoms with Gasteiger partial charge >= 0.3 is 0 Å². The van der Waals surface area contributed by atoms with Crippen LogP contribution in [0.3, 0.4) is 0 Å². The number of phenolic OH excluding ortho intramolecular Hbond substituents is 1. The second-order valence-electron chi connectivity index (χ2n) is 6.82. The van der Waals surface area contributed by atoms with Crippen molar-refractivity contribution in [3.63, 3.8) is 0 Å². The standard InChI is InChI=1S/C22H22N2O3S/c25-17-11-9-16(10-12-17)19-15-28-22(23-19)20-8-4-5-13-24(20)21(26)14-27-18-6-2-1-3-7-18/h1-3,6-7,9-12,15,20,25H,4-5,8,13-14H2. The molecule has 28 heavy (non-hydrogen) atoms. The van der Waals surface area contributed by atoms with Gasteiger partial charge in [0, 0.05) is 17.5 Å². The van der Waals surface area contributed by atoms with Crippen LogP contribution in [0, 0.1) is 0 Å². The summed E-state index contributed by atoms with van der Waals surface area (Å²) in [7, 11) is 0. The van der Waals surface area contributed by atoms with Crippen molar-refractivity contribution in [1.82, 2.24) is 9.88 Å². The molecule has 1 saturated heterocycles. The van der Waals surface area contributed by atoms with Crippen molar-refractivity contribution in [2.45, 2.75) is 25.3 Å². The SMILES string of the molecule is O=C(COc1ccccc1)N1CCCCC1c1nc(-c2ccc(O)cc2)cs1. The number of hydrogen-bond donors (Lipinski definition) is 1. The van der Waals surface area contributed by atoms with Crippen LogP contribution in [0.5, 0.6) is 11.5 Å². The van der Waals surface area contributed by atoms with E-state index in [1.54, 1.807) is 23.5 Å². The van der Waals surface area contributed by atoms with Crippen molar-refractivity contribution in [2.75, 3.05) is 13.2 Å². The summed E-state index contributed by atoms with van der Waals surface area (Å²) in [5.74, 6) is 0.935. The highest BCUT2D eigenvalue weighted by atomic mass is 32.1. The third kappa shape index (κ3) is 4.17. The molecule has 0 saturated carbocycles. The van der Waals surface area contributed by atoms with Gasteiger partial charge < -0.3 is 14.7 Å². The van der Waals surface area contributed by atoms with Crippen LogP contribution in [0.25, 0.3) is 11.3 Å². The Hall–Kier alpha value is -2.86. The minimum atomic E-state index is -0.00469. The highest BCUT2D eigenvalue weighted by molar-refractivity contribution is 7.10. The molecule has 2 heterocycles. The average Bonchev–Trinajstić information content (AvgIpc) is 3.23. The summed E-state index contributed by atoms with van der Waals surface area (Å²) in [5.41, 5.74) is 1.83. The molecule has 1 unspecified atom stereocenters. The number of aromatic nitrogens is 1. The summed E-state index contributed by atoms with van der Waals surface area (Å²) < 4.78 is 5.66. The third-order valence-electron chi connectivity index (χ3n) is 4.90. The second kappa shape index (κ2) is 8.44. The fourth-order valence-electron chi connectivity index (χ4n) is 3.44. The van der Waals surface area contributed by atoms with E-state index in [-0.39, 0.29) is 24.3 Å². The third-order valence-corrected chi connectivity index (χ3v) is 5.84. The smallest absolute Gasteiger partial charge is 0.261 e. The molecule has 0 bridgehead atoms. The molecule has 1 atom stereocenters. The molecular formula is C22H22N2O3S. The molecule has 0 radical (unpaired) electrons. The Labute approximate surface area is 168 Å². The van der Waals surface area contributed by atoms with Crippen LogP contribution in [-0.4, -0.2) is 34.0 Å². The lowest BCUT2D eigenvalue weighted by atomic mass is 10.0. The number of aromatic hydroxyl groups is 1. The normalized spacial score (nSPS) is 16.7. The van der Waals surface area contributed by atoms with Gasteiger partial charge in [0.1, 0.15) is 16.5 Å². The number of piperidine rings is 1. The molecule has 1 amide bonds. The van der Waals surface area contributed by atoms with E-state index < -0.39 is 0 Å².